The third-order valence-corrected chi connectivity index (χ3v) is 4.41. The number of benzene rings is 1. The highest BCUT2D eigenvalue weighted by Gasteiger charge is 2.34. The standard InChI is InChI=1S/C16H20N2/c1-2-16(8-4-9-16)18-12-14-6-3-5-13-11-17-10-7-15(13)14/h3,5-7,10-11,18H,2,4,8-9,12H2,1H3. The summed E-state index contributed by atoms with van der Waals surface area (Å²) in [6, 6.07) is 8.59. The Bertz CT molecular complexity index is 533. The van der Waals surface area contributed by atoms with Gasteiger partial charge in [0.05, 0.1) is 0 Å². The highest BCUT2D eigenvalue weighted by molar-refractivity contribution is 5.84. The van der Waals surface area contributed by atoms with E-state index >= 15 is 0 Å². The minimum absolute atomic E-state index is 0.412. The molecule has 0 amide bonds. The van der Waals surface area contributed by atoms with Crippen LogP contribution in [0.15, 0.2) is 36.7 Å². The van der Waals surface area contributed by atoms with Crippen molar-refractivity contribution in [1.82, 2.24) is 10.3 Å². The topological polar surface area (TPSA) is 24.9 Å². The molecule has 18 heavy (non-hydrogen) atoms. The molecule has 0 radical (unpaired) electrons. The number of nitrogens with one attached hydrogen (secondary N) is 1. The molecule has 0 atom stereocenters. The highest BCUT2D eigenvalue weighted by Crippen LogP contribution is 2.35. The van der Waals surface area contributed by atoms with Crippen molar-refractivity contribution in [3.05, 3.63) is 42.2 Å². The molecular weight excluding hydrogens is 220 g/mol. The number of hydrogen-bond donors (Lipinski definition) is 1. The van der Waals surface area contributed by atoms with E-state index in [0.29, 0.717) is 5.54 Å². The number of hydrogen-bond acceptors (Lipinski definition) is 2. The van der Waals surface area contributed by atoms with Crippen LogP contribution >= 0.6 is 0 Å². The molecule has 1 N–H and O–H groups in total. The lowest BCUT2D eigenvalue weighted by Gasteiger charge is -2.42. The zero-order chi connectivity index (χ0) is 12.4. The van der Waals surface area contributed by atoms with Gasteiger partial charge in [-0.15, -0.1) is 0 Å². The fourth-order valence-electron chi connectivity index (χ4n) is 2.89. The molecule has 0 spiro atoms. The summed E-state index contributed by atoms with van der Waals surface area (Å²) in [5.41, 5.74) is 1.80. The Morgan fingerprint density at radius 2 is 2.17 bits per heavy atom. The molecule has 0 aliphatic heterocycles. The van der Waals surface area contributed by atoms with Crippen molar-refractivity contribution in [3.8, 4) is 0 Å². The predicted octanol–water partition coefficient (Wildman–Crippen LogP) is 3.66. The van der Waals surface area contributed by atoms with E-state index in [1.165, 1.54) is 42.0 Å². The van der Waals surface area contributed by atoms with Gasteiger partial charge in [-0.25, -0.2) is 0 Å². The second-order valence-electron chi connectivity index (χ2n) is 5.35. The van der Waals surface area contributed by atoms with Crippen molar-refractivity contribution in [3.63, 3.8) is 0 Å². The van der Waals surface area contributed by atoms with Crippen LogP contribution in [0.25, 0.3) is 10.8 Å². The number of nitrogens with zero attached hydrogens (tertiary/aromatic N) is 1. The molecule has 3 rings (SSSR count). The van der Waals surface area contributed by atoms with Crippen molar-refractivity contribution < 1.29 is 0 Å². The van der Waals surface area contributed by atoms with Gasteiger partial charge in [-0.1, -0.05) is 25.1 Å². The quantitative estimate of drug-likeness (QED) is 0.882. The number of aromatic nitrogens is 1. The molecular formula is C16H20N2. The van der Waals surface area contributed by atoms with Gasteiger partial charge in [-0.3, -0.25) is 4.98 Å². The Labute approximate surface area is 108 Å². The summed E-state index contributed by atoms with van der Waals surface area (Å²) in [4.78, 5) is 4.19. The number of pyridine rings is 1. The Morgan fingerprint density at radius 1 is 1.28 bits per heavy atom. The second kappa shape index (κ2) is 4.69. The summed E-state index contributed by atoms with van der Waals surface area (Å²) in [6.07, 6.45) is 9.09. The SMILES string of the molecule is CCC1(NCc2cccc3cnccc23)CCC1. The largest absolute Gasteiger partial charge is 0.307 e. The first-order valence-electron chi connectivity index (χ1n) is 6.90. The molecule has 2 heteroatoms. The van der Waals surface area contributed by atoms with Crippen LogP contribution in [0, 0.1) is 0 Å². The molecule has 1 fully saturated rings. The Morgan fingerprint density at radius 3 is 2.89 bits per heavy atom. The zero-order valence-electron chi connectivity index (χ0n) is 10.9. The van der Waals surface area contributed by atoms with Gasteiger partial charge in [0.15, 0.2) is 0 Å². The van der Waals surface area contributed by atoms with Gasteiger partial charge in [-0.05, 0) is 42.7 Å². The van der Waals surface area contributed by atoms with Gasteiger partial charge in [-0.2, -0.15) is 0 Å². The second-order valence-corrected chi connectivity index (χ2v) is 5.35. The number of rotatable bonds is 4. The Balaban J connectivity index is 1.82. The van der Waals surface area contributed by atoms with Crippen LogP contribution in [-0.4, -0.2) is 10.5 Å². The van der Waals surface area contributed by atoms with Crippen LogP contribution in [0.1, 0.15) is 38.2 Å². The van der Waals surface area contributed by atoms with Crippen molar-refractivity contribution in [2.24, 2.45) is 0 Å². The lowest BCUT2D eigenvalue weighted by atomic mass is 9.75. The monoisotopic (exact) mass is 240 g/mol. The molecule has 94 valence electrons. The van der Waals surface area contributed by atoms with Gasteiger partial charge in [0, 0.05) is 29.9 Å². The normalized spacial score (nSPS) is 17.6. The molecule has 2 aromatic rings. The van der Waals surface area contributed by atoms with Crippen molar-refractivity contribution in [2.75, 3.05) is 0 Å². The minimum atomic E-state index is 0.412. The maximum absolute atomic E-state index is 4.19. The average Bonchev–Trinajstić information content (AvgIpc) is 2.38. The van der Waals surface area contributed by atoms with Crippen molar-refractivity contribution >= 4 is 10.8 Å². The summed E-state index contributed by atoms with van der Waals surface area (Å²) < 4.78 is 0. The van der Waals surface area contributed by atoms with Gasteiger partial charge < -0.3 is 5.32 Å². The maximum Gasteiger partial charge on any atom is 0.0346 e. The first kappa shape index (κ1) is 11.7. The van der Waals surface area contributed by atoms with E-state index in [4.69, 9.17) is 0 Å². The molecule has 1 aliphatic rings. The lowest BCUT2D eigenvalue weighted by molar-refractivity contribution is 0.175. The van der Waals surface area contributed by atoms with Gasteiger partial charge >= 0.3 is 0 Å². The fraction of sp³-hybridized carbons (Fsp3) is 0.438. The Hall–Kier alpha value is -1.41. The van der Waals surface area contributed by atoms with E-state index in [1.54, 1.807) is 0 Å². The van der Waals surface area contributed by atoms with Crippen LogP contribution in [0.2, 0.25) is 0 Å². The molecule has 0 saturated heterocycles. The van der Waals surface area contributed by atoms with Crippen LogP contribution in [-0.2, 0) is 6.54 Å². The van der Waals surface area contributed by atoms with Gasteiger partial charge in [0.1, 0.15) is 0 Å². The number of fused-ring (bicyclic) bond motifs is 1. The van der Waals surface area contributed by atoms with Crippen LogP contribution in [0.5, 0.6) is 0 Å². The van der Waals surface area contributed by atoms with Crippen molar-refractivity contribution in [2.45, 2.75) is 44.7 Å². The fourth-order valence-corrected chi connectivity index (χ4v) is 2.89. The van der Waals surface area contributed by atoms with Crippen LogP contribution in [0.4, 0.5) is 0 Å². The summed E-state index contributed by atoms with van der Waals surface area (Å²) in [7, 11) is 0. The minimum Gasteiger partial charge on any atom is -0.307 e. The predicted molar refractivity (Wildman–Crippen MR) is 75.5 cm³/mol. The summed E-state index contributed by atoms with van der Waals surface area (Å²) in [5.74, 6) is 0. The van der Waals surface area contributed by atoms with E-state index in [1.807, 2.05) is 12.4 Å². The van der Waals surface area contributed by atoms with E-state index in [2.05, 4.69) is 41.5 Å². The Kier molecular flexibility index (Phi) is 3.04. The summed E-state index contributed by atoms with van der Waals surface area (Å²) in [6.45, 7) is 3.26. The molecule has 1 aromatic heterocycles. The molecule has 0 unspecified atom stereocenters. The van der Waals surface area contributed by atoms with Gasteiger partial charge in [0.2, 0.25) is 0 Å². The van der Waals surface area contributed by atoms with Gasteiger partial charge in [0.25, 0.3) is 0 Å². The van der Waals surface area contributed by atoms with Crippen molar-refractivity contribution in [1.29, 1.82) is 0 Å². The van der Waals surface area contributed by atoms with E-state index < -0.39 is 0 Å². The average molecular weight is 240 g/mol. The molecule has 1 aromatic carbocycles. The zero-order valence-corrected chi connectivity index (χ0v) is 10.9. The summed E-state index contributed by atoms with van der Waals surface area (Å²) in [5, 5.41) is 6.33. The van der Waals surface area contributed by atoms with Crippen LogP contribution in [0.3, 0.4) is 0 Å². The lowest BCUT2D eigenvalue weighted by Crippen LogP contribution is -2.49. The van der Waals surface area contributed by atoms with Crippen LogP contribution < -0.4 is 5.32 Å². The first-order chi connectivity index (χ1) is 8.83. The molecule has 0 bridgehead atoms. The highest BCUT2D eigenvalue weighted by atomic mass is 15.0. The third-order valence-electron chi connectivity index (χ3n) is 4.41. The van der Waals surface area contributed by atoms with E-state index in [0.717, 1.165) is 6.54 Å². The smallest absolute Gasteiger partial charge is 0.0346 e. The third kappa shape index (κ3) is 2.01. The molecule has 1 heterocycles. The molecule has 2 nitrogen and oxygen atoms in total. The van der Waals surface area contributed by atoms with E-state index in [9.17, 15) is 0 Å². The van der Waals surface area contributed by atoms with E-state index in [-0.39, 0.29) is 0 Å². The maximum atomic E-state index is 4.19. The molecule has 1 aliphatic carbocycles. The molecule has 1 saturated carbocycles. The summed E-state index contributed by atoms with van der Waals surface area (Å²) >= 11 is 0. The first-order valence-corrected chi connectivity index (χ1v) is 6.90.